The van der Waals surface area contributed by atoms with Gasteiger partial charge in [0.15, 0.2) is 5.54 Å². The zero-order valence-corrected chi connectivity index (χ0v) is 21.8. The first-order chi connectivity index (χ1) is 17.0. The van der Waals surface area contributed by atoms with Crippen LogP contribution in [0, 0.1) is 26.6 Å². The number of ether oxygens (including phenoxy) is 2. The van der Waals surface area contributed by atoms with E-state index in [1.165, 1.54) is 23.9 Å². The molecule has 2 aromatic carbocycles. The van der Waals surface area contributed by atoms with Crippen LogP contribution >= 0.6 is 11.8 Å². The first-order valence-corrected chi connectivity index (χ1v) is 12.8. The number of aromatic nitrogens is 1. The molecule has 1 aromatic heterocycles. The molecular weight excluding hydrogens is 479 g/mol. The van der Waals surface area contributed by atoms with Crippen LogP contribution in [0.4, 0.5) is 4.39 Å². The van der Waals surface area contributed by atoms with Crippen LogP contribution in [-0.2, 0) is 11.2 Å². The third-order valence-electron chi connectivity index (χ3n) is 6.93. The molecule has 1 atom stereocenters. The molecule has 0 amide bonds. The molecule has 0 bridgehead atoms. The number of aromatic amines is 1. The molecular formula is C28H29FN2O4S. The molecule has 36 heavy (non-hydrogen) atoms. The molecule has 0 spiro atoms. The number of carboxylic acid groups (broad SMARTS) is 1. The number of rotatable bonds is 6. The number of H-pyrrole nitrogens is 1. The second-order valence-corrected chi connectivity index (χ2v) is 11.2. The van der Waals surface area contributed by atoms with Crippen LogP contribution in [0.15, 0.2) is 35.3 Å². The fourth-order valence-electron chi connectivity index (χ4n) is 4.81. The lowest BCUT2D eigenvalue weighted by atomic mass is 9.93. The largest absolute Gasteiger partial charge is 0.486 e. The van der Waals surface area contributed by atoms with E-state index in [1.807, 2.05) is 46.8 Å². The predicted molar refractivity (Wildman–Crippen MR) is 142 cm³/mol. The van der Waals surface area contributed by atoms with Gasteiger partial charge in [0.05, 0.1) is 0 Å². The molecule has 0 saturated carbocycles. The summed E-state index contributed by atoms with van der Waals surface area (Å²) >= 11 is 1.40. The van der Waals surface area contributed by atoms with E-state index in [-0.39, 0.29) is 24.4 Å². The van der Waals surface area contributed by atoms with Crippen molar-refractivity contribution in [3.63, 3.8) is 0 Å². The van der Waals surface area contributed by atoms with Crippen molar-refractivity contribution in [2.75, 3.05) is 12.4 Å². The molecule has 0 fully saturated rings. The zero-order valence-electron chi connectivity index (χ0n) is 21.0. The maximum absolute atomic E-state index is 13.6. The van der Waals surface area contributed by atoms with Crippen molar-refractivity contribution < 1.29 is 23.8 Å². The number of hydrogen-bond acceptors (Lipinski definition) is 5. The van der Waals surface area contributed by atoms with Crippen molar-refractivity contribution >= 4 is 39.8 Å². The van der Waals surface area contributed by atoms with Crippen molar-refractivity contribution in [3.05, 3.63) is 64.1 Å². The number of thioether (sulfide) groups is 1. The summed E-state index contributed by atoms with van der Waals surface area (Å²) in [6, 6.07) is 6.33. The van der Waals surface area contributed by atoms with E-state index >= 15 is 0 Å². The Bertz CT molecular complexity index is 1460. The van der Waals surface area contributed by atoms with Gasteiger partial charge < -0.3 is 19.6 Å². The number of benzene rings is 2. The van der Waals surface area contributed by atoms with E-state index in [9.17, 15) is 14.3 Å². The normalized spacial score (nSPS) is 20.2. The minimum Gasteiger partial charge on any atom is -0.486 e. The summed E-state index contributed by atoms with van der Waals surface area (Å²) in [6.45, 7) is 10.3. The number of aliphatic imine (C=N–C) groups is 1. The van der Waals surface area contributed by atoms with Gasteiger partial charge in [-0.15, -0.1) is 11.8 Å². The standard InChI is InChI=1S/C28H29FN2O4S/c1-15-16(2)25-21(8-9-27(4,5)35-25)17(3)24(15)34-13-23-31-28(14-36-23,26(32)33)12-20-10-18-6-7-19(29)11-22(18)30-20/h6-11,30H,12-14H2,1-5H3,(H,32,33). The van der Waals surface area contributed by atoms with Crippen molar-refractivity contribution in [2.45, 2.75) is 52.2 Å². The lowest BCUT2D eigenvalue weighted by Crippen LogP contribution is -2.39. The minimum absolute atomic E-state index is 0.184. The Morgan fingerprint density at radius 2 is 2.00 bits per heavy atom. The average molecular weight is 509 g/mol. The molecule has 2 aliphatic rings. The molecule has 1 unspecified atom stereocenters. The monoisotopic (exact) mass is 508 g/mol. The van der Waals surface area contributed by atoms with Gasteiger partial charge >= 0.3 is 5.97 Å². The maximum atomic E-state index is 13.6. The number of fused-ring (bicyclic) bond motifs is 2. The van der Waals surface area contributed by atoms with Gasteiger partial charge in [-0.3, -0.25) is 4.99 Å². The molecule has 3 aromatic rings. The van der Waals surface area contributed by atoms with Crippen LogP contribution in [0.5, 0.6) is 11.5 Å². The molecule has 0 aliphatic carbocycles. The van der Waals surface area contributed by atoms with E-state index in [0.717, 1.165) is 39.1 Å². The first-order valence-electron chi connectivity index (χ1n) is 11.8. The Hall–Kier alpha value is -3.26. The highest BCUT2D eigenvalue weighted by Gasteiger charge is 2.43. The molecule has 188 valence electrons. The van der Waals surface area contributed by atoms with Gasteiger partial charge in [0.2, 0.25) is 0 Å². The number of carbonyl (C=O) groups is 1. The van der Waals surface area contributed by atoms with Crippen LogP contribution < -0.4 is 9.47 Å². The fourth-order valence-corrected chi connectivity index (χ4v) is 5.88. The quantitative estimate of drug-likeness (QED) is 0.426. The van der Waals surface area contributed by atoms with Gasteiger partial charge in [-0.2, -0.15) is 0 Å². The second-order valence-electron chi connectivity index (χ2n) is 10.1. The van der Waals surface area contributed by atoms with Gasteiger partial charge in [-0.1, -0.05) is 6.08 Å². The van der Waals surface area contributed by atoms with Crippen LogP contribution in [0.2, 0.25) is 0 Å². The van der Waals surface area contributed by atoms with Gasteiger partial charge in [-0.25, -0.2) is 9.18 Å². The maximum Gasteiger partial charge on any atom is 0.332 e. The SMILES string of the molecule is Cc1c(C)c2c(c(C)c1OCC1=NC(Cc3cc4ccc(F)cc4[nH]3)(C(=O)O)CS1)C=CC(C)(C)O2. The number of carboxylic acids is 1. The van der Waals surface area contributed by atoms with Crippen LogP contribution in [0.1, 0.15) is 41.8 Å². The summed E-state index contributed by atoms with van der Waals surface area (Å²) in [5.74, 6) is 0.620. The third-order valence-corrected chi connectivity index (χ3v) is 8.09. The molecule has 8 heteroatoms. The van der Waals surface area contributed by atoms with Crippen LogP contribution in [-0.4, -0.2) is 44.6 Å². The summed E-state index contributed by atoms with van der Waals surface area (Å²) in [5.41, 5.74) is 3.68. The number of halogens is 1. The van der Waals surface area contributed by atoms with Crippen molar-refractivity contribution in [2.24, 2.45) is 4.99 Å². The van der Waals surface area contributed by atoms with Gasteiger partial charge in [-0.05, 0) is 81.5 Å². The Morgan fingerprint density at radius 3 is 2.75 bits per heavy atom. The van der Waals surface area contributed by atoms with E-state index in [2.05, 4.69) is 16.1 Å². The zero-order chi connectivity index (χ0) is 25.8. The number of aliphatic carboxylic acids is 1. The lowest BCUT2D eigenvalue weighted by molar-refractivity contribution is -0.142. The van der Waals surface area contributed by atoms with Crippen molar-refractivity contribution in [3.8, 4) is 11.5 Å². The summed E-state index contributed by atoms with van der Waals surface area (Å²) < 4.78 is 26.1. The van der Waals surface area contributed by atoms with E-state index in [4.69, 9.17) is 9.47 Å². The Morgan fingerprint density at radius 1 is 1.22 bits per heavy atom. The topological polar surface area (TPSA) is 83.9 Å². The Labute approximate surface area is 213 Å². The summed E-state index contributed by atoms with van der Waals surface area (Å²) in [7, 11) is 0. The van der Waals surface area contributed by atoms with Gasteiger partial charge in [0.1, 0.15) is 34.6 Å². The van der Waals surface area contributed by atoms with E-state index in [1.54, 1.807) is 6.07 Å². The number of nitrogens with zero attached hydrogens (tertiary/aromatic N) is 1. The lowest BCUT2D eigenvalue weighted by Gasteiger charge is -2.31. The molecule has 5 rings (SSSR count). The molecule has 0 radical (unpaired) electrons. The molecule has 3 heterocycles. The van der Waals surface area contributed by atoms with Crippen molar-refractivity contribution in [1.82, 2.24) is 4.98 Å². The fraction of sp³-hybridized carbons (Fsp3) is 0.357. The molecule has 0 saturated heterocycles. The minimum atomic E-state index is -1.30. The van der Waals surface area contributed by atoms with E-state index in [0.29, 0.717) is 22.0 Å². The van der Waals surface area contributed by atoms with Crippen LogP contribution in [0.3, 0.4) is 0 Å². The smallest absolute Gasteiger partial charge is 0.332 e. The van der Waals surface area contributed by atoms with Gasteiger partial charge in [0, 0.05) is 34.5 Å². The highest BCUT2D eigenvalue weighted by atomic mass is 32.2. The van der Waals surface area contributed by atoms with E-state index < -0.39 is 11.5 Å². The number of nitrogens with one attached hydrogen (secondary N) is 1. The van der Waals surface area contributed by atoms with Crippen LogP contribution in [0.25, 0.3) is 17.0 Å². The Kier molecular flexibility index (Phi) is 5.90. The summed E-state index contributed by atoms with van der Waals surface area (Å²) in [5, 5.41) is 11.6. The average Bonchev–Trinajstić information content (AvgIpc) is 3.41. The highest BCUT2D eigenvalue weighted by Crippen LogP contribution is 2.43. The predicted octanol–water partition coefficient (Wildman–Crippen LogP) is 6.01. The third kappa shape index (κ3) is 4.28. The first kappa shape index (κ1) is 24.4. The molecule has 2 N–H and O–H groups in total. The molecule has 6 nitrogen and oxygen atoms in total. The number of hydrogen-bond donors (Lipinski definition) is 2. The second kappa shape index (κ2) is 8.69. The van der Waals surface area contributed by atoms with Gasteiger partial charge in [0.25, 0.3) is 0 Å². The highest BCUT2D eigenvalue weighted by molar-refractivity contribution is 8.14. The summed E-state index contributed by atoms with van der Waals surface area (Å²) in [4.78, 5) is 20.1. The molecule has 2 aliphatic heterocycles. The van der Waals surface area contributed by atoms with Crippen molar-refractivity contribution in [1.29, 1.82) is 0 Å². The Balaban J connectivity index is 1.39. The summed E-state index contributed by atoms with van der Waals surface area (Å²) in [6.07, 6.45) is 4.30.